The van der Waals surface area contributed by atoms with E-state index in [4.69, 9.17) is 11.6 Å². The number of rotatable bonds is 9. The summed E-state index contributed by atoms with van der Waals surface area (Å²) in [6.45, 7) is 4.99. The maximum atomic E-state index is 13.1. The molecule has 35 heavy (non-hydrogen) atoms. The average Bonchev–Trinajstić information content (AvgIpc) is 3.07. The van der Waals surface area contributed by atoms with Crippen LogP contribution in [0, 0.1) is 12.8 Å². The van der Waals surface area contributed by atoms with Gasteiger partial charge in [-0.25, -0.2) is 0 Å². The first kappa shape index (κ1) is 25.8. The maximum absolute atomic E-state index is 13.1. The Kier molecular flexibility index (Phi) is 8.14. The summed E-state index contributed by atoms with van der Waals surface area (Å²) in [4.78, 5) is 45.3. The first-order valence-electron chi connectivity index (χ1n) is 11.0. The number of carbonyl (C=O) groups excluding carboxylic acids is 3. The number of carbonyl (C=O) groups is 3. The van der Waals surface area contributed by atoms with Gasteiger partial charge in [-0.15, -0.1) is 0 Å². The average molecular weight is 499 g/mol. The number of halogens is 1. The molecule has 0 saturated carbocycles. The van der Waals surface area contributed by atoms with Crippen LogP contribution in [0.25, 0.3) is 0 Å². The van der Waals surface area contributed by atoms with E-state index in [1.807, 2.05) is 6.07 Å². The molecule has 0 aliphatic heterocycles. The van der Waals surface area contributed by atoms with E-state index in [0.29, 0.717) is 10.6 Å². The lowest BCUT2D eigenvalue weighted by atomic mass is 9.93. The Morgan fingerprint density at radius 3 is 2.31 bits per heavy atom. The summed E-state index contributed by atoms with van der Waals surface area (Å²) in [6.07, 6.45) is 1.26. The van der Waals surface area contributed by atoms with Crippen LogP contribution >= 0.6 is 11.6 Å². The van der Waals surface area contributed by atoms with E-state index in [0.717, 1.165) is 0 Å². The number of nitrogens with zero attached hydrogens (tertiary/aromatic N) is 1. The minimum absolute atomic E-state index is 0.0820. The van der Waals surface area contributed by atoms with Gasteiger partial charge >= 0.3 is 0 Å². The highest BCUT2D eigenvalue weighted by molar-refractivity contribution is 6.30. The summed E-state index contributed by atoms with van der Waals surface area (Å²) in [5.41, 5.74) is 0.902. The largest absolute Gasteiger partial charge is 0.494 e. The third-order valence-corrected chi connectivity index (χ3v) is 5.80. The molecule has 0 aliphatic carbocycles. The van der Waals surface area contributed by atoms with Crippen molar-refractivity contribution in [3.05, 3.63) is 76.1 Å². The standard InChI is InChI=1S/C25H27ClN4O5/c1-13(2)21(22(32)20-14(3)23(33)30-25(20)35)29-19(31)12-17(15-7-5-4-6-8-15)28-24(34)18-11-16(26)9-10-27-18/h4-11,13,17,21,30,33,35H,12H2,1-3H3,(H,28,34)(H,29,31)/t17-,21+/m0/s1. The molecule has 2 amide bonds. The molecule has 0 saturated heterocycles. The molecule has 3 rings (SSSR count). The summed E-state index contributed by atoms with van der Waals surface area (Å²) in [5.74, 6) is -2.63. The predicted molar refractivity (Wildman–Crippen MR) is 130 cm³/mol. The Morgan fingerprint density at radius 1 is 1.06 bits per heavy atom. The number of H-pyrrole nitrogens is 1. The van der Waals surface area contributed by atoms with Gasteiger partial charge in [-0.2, -0.15) is 0 Å². The van der Waals surface area contributed by atoms with Crippen LogP contribution in [0.5, 0.6) is 11.8 Å². The number of pyridine rings is 1. The number of nitrogens with one attached hydrogen (secondary N) is 3. The third kappa shape index (κ3) is 6.19. The highest BCUT2D eigenvalue weighted by Gasteiger charge is 2.31. The summed E-state index contributed by atoms with van der Waals surface area (Å²) in [5, 5.41) is 25.7. The number of Topliss-reactive ketones (excluding diaryl/α,β-unsaturated/α-hetero) is 1. The molecule has 0 unspecified atom stereocenters. The zero-order valence-corrected chi connectivity index (χ0v) is 20.3. The number of hydrogen-bond acceptors (Lipinski definition) is 6. The highest BCUT2D eigenvalue weighted by atomic mass is 35.5. The molecule has 2 atom stereocenters. The summed E-state index contributed by atoms with van der Waals surface area (Å²) in [7, 11) is 0. The molecule has 0 spiro atoms. The number of benzene rings is 1. The van der Waals surface area contributed by atoms with E-state index in [2.05, 4.69) is 20.6 Å². The molecular weight excluding hydrogens is 472 g/mol. The van der Waals surface area contributed by atoms with Gasteiger partial charge in [-0.3, -0.25) is 24.4 Å². The van der Waals surface area contributed by atoms with Crippen molar-refractivity contribution in [2.75, 3.05) is 0 Å². The normalized spacial score (nSPS) is 12.7. The lowest BCUT2D eigenvalue weighted by Crippen LogP contribution is -2.45. The van der Waals surface area contributed by atoms with Gasteiger partial charge in [0.15, 0.2) is 11.7 Å². The molecule has 0 bridgehead atoms. The number of aromatic hydroxyl groups is 2. The Bertz CT molecular complexity index is 1230. The highest BCUT2D eigenvalue weighted by Crippen LogP contribution is 2.30. The minimum atomic E-state index is -0.968. The van der Waals surface area contributed by atoms with E-state index in [1.54, 1.807) is 44.2 Å². The molecule has 5 N–H and O–H groups in total. The number of aromatic nitrogens is 2. The number of amides is 2. The van der Waals surface area contributed by atoms with Gasteiger partial charge in [-0.1, -0.05) is 55.8 Å². The zero-order valence-electron chi connectivity index (χ0n) is 19.5. The van der Waals surface area contributed by atoms with Crippen molar-refractivity contribution in [2.24, 2.45) is 5.92 Å². The molecule has 10 heteroatoms. The molecule has 2 heterocycles. The van der Waals surface area contributed by atoms with Gasteiger partial charge in [-0.05, 0) is 30.5 Å². The molecule has 9 nitrogen and oxygen atoms in total. The maximum Gasteiger partial charge on any atom is 0.270 e. The number of ketones is 1. The Morgan fingerprint density at radius 2 is 1.74 bits per heavy atom. The van der Waals surface area contributed by atoms with E-state index >= 15 is 0 Å². The van der Waals surface area contributed by atoms with Crippen LogP contribution in [0.15, 0.2) is 48.7 Å². The van der Waals surface area contributed by atoms with Crippen LogP contribution in [-0.4, -0.2) is 43.8 Å². The lowest BCUT2D eigenvalue weighted by molar-refractivity contribution is -0.122. The van der Waals surface area contributed by atoms with Crippen LogP contribution in [-0.2, 0) is 4.79 Å². The van der Waals surface area contributed by atoms with Crippen molar-refractivity contribution in [2.45, 2.75) is 39.3 Å². The second-order valence-corrected chi connectivity index (χ2v) is 8.91. The van der Waals surface area contributed by atoms with Crippen molar-refractivity contribution >= 4 is 29.2 Å². The number of hydrogen-bond donors (Lipinski definition) is 5. The molecule has 1 aromatic carbocycles. The molecule has 0 radical (unpaired) electrons. The van der Waals surface area contributed by atoms with Crippen molar-refractivity contribution in [1.82, 2.24) is 20.6 Å². The van der Waals surface area contributed by atoms with E-state index < -0.39 is 35.6 Å². The van der Waals surface area contributed by atoms with Crippen LogP contribution in [0.2, 0.25) is 5.02 Å². The zero-order chi connectivity index (χ0) is 25.7. The van der Waals surface area contributed by atoms with E-state index in [9.17, 15) is 24.6 Å². The molecular formula is C25H27ClN4O5. The van der Waals surface area contributed by atoms with Gasteiger partial charge in [0.2, 0.25) is 11.8 Å². The Hall–Kier alpha value is -3.85. The van der Waals surface area contributed by atoms with Crippen LogP contribution in [0.4, 0.5) is 0 Å². The topological polar surface area (TPSA) is 144 Å². The Labute approximate surface area is 207 Å². The Balaban J connectivity index is 1.80. The minimum Gasteiger partial charge on any atom is -0.494 e. The van der Waals surface area contributed by atoms with Gasteiger partial charge in [0.25, 0.3) is 5.91 Å². The van der Waals surface area contributed by atoms with Crippen LogP contribution < -0.4 is 10.6 Å². The van der Waals surface area contributed by atoms with Gasteiger partial charge in [0, 0.05) is 16.8 Å². The predicted octanol–water partition coefficient (Wildman–Crippen LogP) is 3.67. The monoisotopic (exact) mass is 498 g/mol. The molecule has 2 aromatic heterocycles. The molecule has 0 fully saturated rings. The van der Waals surface area contributed by atoms with Crippen LogP contribution in [0.1, 0.15) is 58.3 Å². The van der Waals surface area contributed by atoms with Crippen molar-refractivity contribution in [3.8, 4) is 11.8 Å². The first-order chi connectivity index (χ1) is 16.6. The summed E-state index contributed by atoms with van der Waals surface area (Å²) >= 11 is 5.97. The summed E-state index contributed by atoms with van der Waals surface area (Å²) in [6, 6.07) is 10.2. The smallest absolute Gasteiger partial charge is 0.270 e. The van der Waals surface area contributed by atoms with Gasteiger partial charge < -0.3 is 20.8 Å². The van der Waals surface area contributed by atoms with Gasteiger partial charge in [0.1, 0.15) is 5.69 Å². The third-order valence-electron chi connectivity index (χ3n) is 5.57. The fourth-order valence-electron chi connectivity index (χ4n) is 3.67. The van der Waals surface area contributed by atoms with Crippen molar-refractivity contribution in [3.63, 3.8) is 0 Å². The van der Waals surface area contributed by atoms with Crippen molar-refractivity contribution in [1.29, 1.82) is 0 Å². The van der Waals surface area contributed by atoms with Crippen molar-refractivity contribution < 1.29 is 24.6 Å². The second kappa shape index (κ2) is 11.1. The molecule has 184 valence electrons. The first-order valence-corrected chi connectivity index (χ1v) is 11.4. The second-order valence-electron chi connectivity index (χ2n) is 8.48. The molecule has 0 aliphatic rings. The van der Waals surface area contributed by atoms with E-state index in [-0.39, 0.29) is 35.0 Å². The number of aromatic amines is 1. The van der Waals surface area contributed by atoms with Crippen LogP contribution in [0.3, 0.4) is 0 Å². The SMILES string of the molecule is Cc1c(O)[nH]c(O)c1C(=O)[C@H](NC(=O)C[C@H](NC(=O)c1cc(Cl)ccn1)c1ccccc1)C(C)C. The quantitative estimate of drug-likeness (QED) is 0.285. The fraction of sp³-hybridized carbons (Fsp3) is 0.280. The van der Waals surface area contributed by atoms with Gasteiger partial charge in [0.05, 0.1) is 24.1 Å². The van der Waals surface area contributed by atoms with E-state index in [1.165, 1.54) is 19.2 Å². The lowest BCUT2D eigenvalue weighted by Gasteiger charge is -2.24. The summed E-state index contributed by atoms with van der Waals surface area (Å²) < 4.78 is 0. The fourth-order valence-corrected chi connectivity index (χ4v) is 3.83. The molecule has 3 aromatic rings.